The first-order valence-electron chi connectivity index (χ1n) is 11.7. The van der Waals surface area contributed by atoms with Crippen LogP contribution >= 0.6 is 0 Å². The van der Waals surface area contributed by atoms with Gasteiger partial charge in [-0.05, 0) is 36.0 Å². The van der Waals surface area contributed by atoms with Crippen LogP contribution in [0.2, 0.25) is 0 Å². The number of phenolic OH excluding ortho intramolecular Hbond substituents is 1. The molecule has 0 saturated heterocycles. The van der Waals surface area contributed by atoms with Gasteiger partial charge in [0.15, 0.2) is 0 Å². The van der Waals surface area contributed by atoms with Gasteiger partial charge in [-0.1, -0.05) is 46.2 Å². The van der Waals surface area contributed by atoms with E-state index >= 15 is 0 Å². The zero-order valence-corrected chi connectivity index (χ0v) is 21.0. The highest BCUT2D eigenvalue weighted by atomic mass is 16.4. The number of nitrogens with one attached hydrogen (secondary N) is 3. The maximum Gasteiger partial charge on any atom is 0.326 e. The summed E-state index contributed by atoms with van der Waals surface area (Å²) in [4.78, 5) is 61.2. The van der Waals surface area contributed by atoms with E-state index in [-0.39, 0.29) is 18.1 Å². The van der Waals surface area contributed by atoms with E-state index in [4.69, 9.17) is 11.5 Å². The molecule has 0 spiro atoms. The van der Waals surface area contributed by atoms with Gasteiger partial charge in [-0.25, -0.2) is 4.79 Å². The Bertz CT molecular complexity index is 935. The van der Waals surface area contributed by atoms with Crippen LogP contribution < -0.4 is 27.4 Å². The van der Waals surface area contributed by atoms with Crippen molar-refractivity contribution >= 4 is 29.6 Å². The largest absolute Gasteiger partial charge is 0.508 e. The molecule has 0 aliphatic carbocycles. The van der Waals surface area contributed by atoms with Crippen LogP contribution in [-0.4, -0.2) is 64.0 Å². The monoisotopic (exact) mass is 507 g/mol. The Morgan fingerprint density at radius 3 is 1.89 bits per heavy atom. The molecule has 0 saturated carbocycles. The van der Waals surface area contributed by atoms with Gasteiger partial charge in [0.1, 0.15) is 23.9 Å². The van der Waals surface area contributed by atoms with Crippen molar-refractivity contribution in [2.45, 2.75) is 71.1 Å². The van der Waals surface area contributed by atoms with Crippen molar-refractivity contribution < 1.29 is 34.2 Å². The Morgan fingerprint density at radius 1 is 0.889 bits per heavy atom. The molecule has 5 atom stereocenters. The molecule has 0 aliphatic heterocycles. The number of rotatable bonds is 14. The first-order valence-corrected chi connectivity index (χ1v) is 11.7. The molecule has 0 bridgehead atoms. The number of hydrogen-bond donors (Lipinski definition) is 7. The van der Waals surface area contributed by atoms with Gasteiger partial charge < -0.3 is 37.6 Å². The van der Waals surface area contributed by atoms with E-state index in [9.17, 15) is 34.2 Å². The topological polar surface area (TPSA) is 214 Å². The molecule has 12 heteroatoms. The molecule has 12 nitrogen and oxygen atoms in total. The van der Waals surface area contributed by atoms with E-state index < -0.39 is 66.1 Å². The number of nitrogens with two attached hydrogens (primary N) is 2. The molecule has 0 radical (unpaired) electrons. The number of benzene rings is 1. The predicted octanol–water partition coefficient (Wildman–Crippen LogP) is -0.621. The molecular weight excluding hydrogens is 470 g/mol. The van der Waals surface area contributed by atoms with Gasteiger partial charge in [0, 0.05) is 0 Å². The quantitative estimate of drug-likeness (QED) is 0.172. The summed E-state index contributed by atoms with van der Waals surface area (Å²) in [5.74, 6) is -5.02. The van der Waals surface area contributed by atoms with Crippen LogP contribution in [-0.2, 0) is 30.4 Å². The average molecular weight is 508 g/mol. The Labute approximate surface area is 210 Å². The Morgan fingerprint density at radius 2 is 1.42 bits per heavy atom. The number of carbonyl (C=O) groups is 5. The van der Waals surface area contributed by atoms with Gasteiger partial charge in [-0.15, -0.1) is 0 Å². The van der Waals surface area contributed by atoms with Crippen molar-refractivity contribution in [2.75, 3.05) is 0 Å². The van der Waals surface area contributed by atoms with Crippen molar-refractivity contribution in [1.29, 1.82) is 0 Å². The fourth-order valence-corrected chi connectivity index (χ4v) is 3.38. The van der Waals surface area contributed by atoms with Gasteiger partial charge in [0.05, 0.1) is 12.5 Å². The lowest BCUT2D eigenvalue weighted by molar-refractivity contribution is -0.144. The van der Waals surface area contributed by atoms with Crippen molar-refractivity contribution in [3.8, 4) is 5.75 Å². The fourth-order valence-electron chi connectivity index (χ4n) is 3.38. The Kier molecular flexibility index (Phi) is 11.8. The van der Waals surface area contributed by atoms with Gasteiger partial charge >= 0.3 is 5.97 Å². The molecule has 0 heterocycles. The number of primary amides is 1. The van der Waals surface area contributed by atoms with Gasteiger partial charge in [-0.3, -0.25) is 19.2 Å². The van der Waals surface area contributed by atoms with Crippen LogP contribution in [0.3, 0.4) is 0 Å². The molecule has 4 amide bonds. The Hall–Kier alpha value is -3.67. The maximum absolute atomic E-state index is 13.1. The van der Waals surface area contributed by atoms with E-state index in [1.807, 2.05) is 0 Å². The van der Waals surface area contributed by atoms with Gasteiger partial charge in [0.25, 0.3) is 0 Å². The molecule has 0 aromatic heterocycles. The summed E-state index contributed by atoms with van der Waals surface area (Å²) in [6.45, 7) is 6.91. The second kappa shape index (κ2) is 14.0. The fraction of sp³-hybridized carbons (Fsp3) is 0.542. The normalized spacial score (nSPS) is 15.2. The van der Waals surface area contributed by atoms with Crippen molar-refractivity contribution in [1.82, 2.24) is 16.0 Å². The number of carboxylic acids is 1. The van der Waals surface area contributed by atoms with Crippen LogP contribution in [0.5, 0.6) is 5.75 Å². The summed E-state index contributed by atoms with van der Waals surface area (Å²) < 4.78 is 0. The minimum Gasteiger partial charge on any atom is -0.508 e. The maximum atomic E-state index is 13.1. The average Bonchev–Trinajstić information content (AvgIpc) is 2.80. The number of hydrogen-bond acceptors (Lipinski definition) is 7. The highest BCUT2D eigenvalue weighted by molar-refractivity contribution is 5.95. The standard InChI is InChI=1S/C24H37N5O7/c1-5-13(4)20(23(34)27-17(24(35)36)11-18(26)31)29-22(33)19(12(2)3)28-21(32)16(25)10-14-6-8-15(30)9-7-14/h6-9,12-13,16-17,19-20,30H,5,10-11,25H2,1-4H3,(H2,26,31)(H,27,34)(H,28,32)(H,29,33)(H,35,36). The highest BCUT2D eigenvalue weighted by Crippen LogP contribution is 2.13. The van der Waals surface area contributed by atoms with Crippen LogP contribution in [0.4, 0.5) is 0 Å². The lowest BCUT2D eigenvalue weighted by atomic mass is 9.95. The molecule has 5 unspecified atom stereocenters. The second-order valence-electron chi connectivity index (χ2n) is 9.15. The van der Waals surface area contributed by atoms with Gasteiger partial charge in [0.2, 0.25) is 23.6 Å². The molecule has 9 N–H and O–H groups in total. The summed E-state index contributed by atoms with van der Waals surface area (Å²) in [5, 5.41) is 26.1. The molecule has 1 rings (SSSR count). The molecule has 200 valence electrons. The van der Waals surface area contributed by atoms with E-state index in [0.29, 0.717) is 6.42 Å². The minimum atomic E-state index is -1.54. The van der Waals surface area contributed by atoms with Crippen LogP contribution in [0, 0.1) is 11.8 Å². The molecule has 0 fully saturated rings. The first-order chi connectivity index (χ1) is 16.8. The summed E-state index contributed by atoms with van der Waals surface area (Å²) in [5.41, 5.74) is 11.8. The SMILES string of the molecule is CCC(C)C(NC(=O)C(NC(=O)C(N)Cc1ccc(O)cc1)C(C)C)C(=O)NC(CC(N)=O)C(=O)O. The van der Waals surface area contributed by atoms with Crippen molar-refractivity contribution in [2.24, 2.45) is 23.3 Å². The van der Waals surface area contributed by atoms with E-state index in [0.717, 1.165) is 5.56 Å². The number of amides is 4. The smallest absolute Gasteiger partial charge is 0.326 e. The zero-order valence-electron chi connectivity index (χ0n) is 21.0. The summed E-state index contributed by atoms with van der Waals surface area (Å²) in [6.07, 6.45) is 0.0425. The van der Waals surface area contributed by atoms with Crippen molar-refractivity contribution in [3.63, 3.8) is 0 Å². The number of carboxylic acid groups (broad SMARTS) is 1. The lowest BCUT2D eigenvalue weighted by Crippen LogP contribution is -2.60. The summed E-state index contributed by atoms with van der Waals surface area (Å²) >= 11 is 0. The molecule has 0 aliphatic rings. The third-order valence-corrected chi connectivity index (χ3v) is 5.79. The predicted molar refractivity (Wildman–Crippen MR) is 131 cm³/mol. The third-order valence-electron chi connectivity index (χ3n) is 5.79. The number of carbonyl (C=O) groups excluding carboxylic acids is 4. The number of phenols is 1. The number of aromatic hydroxyl groups is 1. The van der Waals surface area contributed by atoms with E-state index in [1.165, 1.54) is 12.1 Å². The van der Waals surface area contributed by atoms with E-state index in [1.54, 1.807) is 39.8 Å². The first kappa shape index (κ1) is 30.4. The second-order valence-corrected chi connectivity index (χ2v) is 9.15. The lowest BCUT2D eigenvalue weighted by Gasteiger charge is -2.29. The molecular formula is C24H37N5O7. The van der Waals surface area contributed by atoms with Gasteiger partial charge in [-0.2, -0.15) is 0 Å². The molecule has 1 aromatic carbocycles. The Balaban J connectivity index is 2.95. The summed E-state index contributed by atoms with van der Waals surface area (Å²) in [7, 11) is 0. The number of aliphatic carboxylic acids is 1. The third kappa shape index (κ3) is 9.53. The van der Waals surface area contributed by atoms with Crippen LogP contribution in [0.25, 0.3) is 0 Å². The molecule has 36 heavy (non-hydrogen) atoms. The zero-order chi connectivity index (χ0) is 27.6. The van der Waals surface area contributed by atoms with Crippen LogP contribution in [0.1, 0.15) is 46.1 Å². The van der Waals surface area contributed by atoms with E-state index in [2.05, 4.69) is 16.0 Å². The summed E-state index contributed by atoms with van der Waals surface area (Å²) in [6, 6.07) is 1.55. The van der Waals surface area contributed by atoms with Crippen LogP contribution in [0.15, 0.2) is 24.3 Å². The molecule has 1 aromatic rings. The van der Waals surface area contributed by atoms with Crippen molar-refractivity contribution in [3.05, 3.63) is 29.8 Å². The highest BCUT2D eigenvalue weighted by Gasteiger charge is 2.34. The minimum absolute atomic E-state index is 0.0810.